The van der Waals surface area contributed by atoms with Gasteiger partial charge < -0.3 is 5.32 Å². The van der Waals surface area contributed by atoms with Crippen LogP contribution in [-0.2, 0) is 5.41 Å². The Balaban J connectivity index is 0.000000741. The Kier molecular flexibility index (Phi) is 9.38. The molecule has 0 saturated heterocycles. The first-order valence-electron chi connectivity index (χ1n) is 8.16. The molecule has 0 bridgehead atoms. The average Bonchev–Trinajstić information content (AvgIpc) is 2.52. The molecular weight excluding hydrogens is 230 g/mol. The summed E-state index contributed by atoms with van der Waals surface area (Å²) in [5.74, 6) is 0. The molecule has 1 aromatic rings. The van der Waals surface area contributed by atoms with Crippen LogP contribution in [0.4, 0.5) is 5.69 Å². The third kappa shape index (κ3) is 4.26. The third-order valence-electron chi connectivity index (χ3n) is 3.82. The van der Waals surface area contributed by atoms with E-state index < -0.39 is 0 Å². The van der Waals surface area contributed by atoms with Gasteiger partial charge in [0.2, 0.25) is 0 Å². The van der Waals surface area contributed by atoms with Gasteiger partial charge in [-0.05, 0) is 36.3 Å². The minimum Gasteiger partial charge on any atom is -0.385 e. The van der Waals surface area contributed by atoms with E-state index in [2.05, 4.69) is 43.4 Å². The Labute approximate surface area is 120 Å². The number of hydrogen-bond acceptors (Lipinski definition) is 1. The van der Waals surface area contributed by atoms with E-state index in [1.54, 1.807) is 5.56 Å². The van der Waals surface area contributed by atoms with Crippen molar-refractivity contribution in [3.05, 3.63) is 29.8 Å². The van der Waals surface area contributed by atoms with Crippen molar-refractivity contribution in [2.75, 3.05) is 11.9 Å². The van der Waals surface area contributed by atoms with Crippen molar-refractivity contribution < 1.29 is 0 Å². The van der Waals surface area contributed by atoms with Gasteiger partial charge in [0.25, 0.3) is 0 Å². The monoisotopic (exact) mass is 263 g/mol. The van der Waals surface area contributed by atoms with E-state index >= 15 is 0 Å². The molecule has 19 heavy (non-hydrogen) atoms. The van der Waals surface area contributed by atoms with Crippen molar-refractivity contribution >= 4 is 5.69 Å². The van der Waals surface area contributed by atoms with Crippen LogP contribution in [0.25, 0.3) is 0 Å². The molecule has 0 aromatic heterocycles. The predicted molar refractivity (Wildman–Crippen MR) is 89.1 cm³/mol. The number of hydrogen-bond donors (Lipinski definition) is 1. The number of para-hydroxylation sites is 1. The molecule has 1 aliphatic heterocycles. The molecule has 0 fully saturated rings. The first-order valence-corrected chi connectivity index (χ1v) is 8.16. The van der Waals surface area contributed by atoms with Crippen LogP contribution in [-0.4, -0.2) is 6.54 Å². The van der Waals surface area contributed by atoms with E-state index in [1.165, 1.54) is 31.4 Å². The van der Waals surface area contributed by atoms with E-state index in [1.807, 2.05) is 27.7 Å². The van der Waals surface area contributed by atoms with Gasteiger partial charge in [-0.15, -0.1) is 0 Å². The minimum atomic E-state index is 0.441. The largest absolute Gasteiger partial charge is 0.385 e. The lowest BCUT2D eigenvalue weighted by Gasteiger charge is -2.39. The summed E-state index contributed by atoms with van der Waals surface area (Å²) in [6.07, 6.45) is 5.15. The molecule has 1 heterocycles. The molecule has 2 rings (SSSR count). The van der Waals surface area contributed by atoms with Crippen molar-refractivity contribution in [3.8, 4) is 0 Å². The second kappa shape index (κ2) is 9.89. The highest BCUT2D eigenvalue weighted by Gasteiger charge is 2.33. The van der Waals surface area contributed by atoms with Crippen molar-refractivity contribution in [2.45, 2.75) is 72.6 Å². The SMILES string of the molecule is CC.CC.CCCC1(CC)CCNc2ccccc21. The zero-order chi connectivity index (χ0) is 14.7. The van der Waals surface area contributed by atoms with Crippen LogP contribution >= 0.6 is 0 Å². The molecule has 1 atom stereocenters. The highest BCUT2D eigenvalue weighted by Crippen LogP contribution is 2.42. The van der Waals surface area contributed by atoms with Gasteiger partial charge in [0.15, 0.2) is 0 Å². The predicted octanol–water partition coefficient (Wildman–Crippen LogP) is 6.00. The lowest BCUT2D eigenvalue weighted by molar-refractivity contribution is 0.348. The zero-order valence-corrected chi connectivity index (χ0v) is 13.8. The summed E-state index contributed by atoms with van der Waals surface area (Å²) in [5, 5.41) is 3.51. The molecule has 0 radical (unpaired) electrons. The van der Waals surface area contributed by atoms with Crippen LogP contribution in [0.1, 0.15) is 72.8 Å². The Morgan fingerprint density at radius 3 is 2.26 bits per heavy atom. The van der Waals surface area contributed by atoms with Gasteiger partial charge in [-0.25, -0.2) is 0 Å². The number of nitrogens with one attached hydrogen (secondary N) is 1. The standard InChI is InChI=1S/C14H21N.2C2H6/c1-3-9-14(4-2)10-11-15-13-8-6-5-7-12(13)14;2*1-2/h5-8,15H,3-4,9-11H2,1-2H3;2*1-2H3. The van der Waals surface area contributed by atoms with Gasteiger partial charge in [0.1, 0.15) is 0 Å². The smallest absolute Gasteiger partial charge is 0.0378 e. The van der Waals surface area contributed by atoms with Gasteiger partial charge in [-0.1, -0.05) is 66.2 Å². The molecule has 1 aliphatic rings. The van der Waals surface area contributed by atoms with E-state index in [0.717, 1.165) is 6.54 Å². The maximum Gasteiger partial charge on any atom is 0.0378 e. The molecule has 0 amide bonds. The quantitative estimate of drug-likeness (QED) is 0.705. The second-order valence-corrected chi connectivity index (χ2v) is 4.61. The summed E-state index contributed by atoms with van der Waals surface area (Å²) in [5.41, 5.74) is 3.34. The Bertz CT molecular complexity index is 332. The highest BCUT2D eigenvalue weighted by molar-refractivity contribution is 5.56. The van der Waals surface area contributed by atoms with Crippen molar-refractivity contribution in [1.82, 2.24) is 0 Å². The maximum absolute atomic E-state index is 3.51. The van der Waals surface area contributed by atoms with Gasteiger partial charge >= 0.3 is 0 Å². The first-order chi connectivity index (χ1) is 9.32. The lowest BCUT2D eigenvalue weighted by atomic mass is 9.70. The fourth-order valence-electron chi connectivity index (χ4n) is 2.95. The summed E-state index contributed by atoms with van der Waals surface area (Å²) in [4.78, 5) is 0. The van der Waals surface area contributed by atoms with Crippen LogP contribution in [0.5, 0.6) is 0 Å². The van der Waals surface area contributed by atoms with E-state index in [-0.39, 0.29) is 0 Å². The molecule has 1 heteroatoms. The van der Waals surface area contributed by atoms with E-state index in [9.17, 15) is 0 Å². The maximum atomic E-state index is 3.51. The molecule has 0 aliphatic carbocycles. The highest BCUT2D eigenvalue weighted by atomic mass is 14.9. The molecule has 1 aromatic carbocycles. The van der Waals surface area contributed by atoms with Crippen LogP contribution in [0.2, 0.25) is 0 Å². The van der Waals surface area contributed by atoms with Crippen molar-refractivity contribution in [1.29, 1.82) is 0 Å². The van der Waals surface area contributed by atoms with Gasteiger partial charge in [-0.3, -0.25) is 0 Å². The Morgan fingerprint density at radius 1 is 1.05 bits per heavy atom. The Hall–Kier alpha value is -0.980. The molecule has 1 N–H and O–H groups in total. The molecule has 110 valence electrons. The lowest BCUT2D eigenvalue weighted by Crippen LogP contribution is -2.33. The van der Waals surface area contributed by atoms with Crippen LogP contribution in [0, 0.1) is 0 Å². The average molecular weight is 263 g/mol. The number of benzene rings is 1. The molecule has 1 unspecified atom stereocenters. The fourth-order valence-corrected chi connectivity index (χ4v) is 2.95. The topological polar surface area (TPSA) is 12.0 Å². The normalized spacial score (nSPS) is 19.9. The fraction of sp³-hybridized carbons (Fsp3) is 0.667. The zero-order valence-electron chi connectivity index (χ0n) is 13.8. The summed E-state index contributed by atoms with van der Waals surface area (Å²) in [6.45, 7) is 13.8. The summed E-state index contributed by atoms with van der Waals surface area (Å²) in [7, 11) is 0. The summed E-state index contributed by atoms with van der Waals surface area (Å²) < 4.78 is 0. The van der Waals surface area contributed by atoms with E-state index in [0.29, 0.717) is 5.41 Å². The van der Waals surface area contributed by atoms with E-state index in [4.69, 9.17) is 0 Å². The van der Waals surface area contributed by atoms with Gasteiger partial charge in [0.05, 0.1) is 0 Å². The second-order valence-electron chi connectivity index (χ2n) is 4.61. The van der Waals surface area contributed by atoms with Crippen molar-refractivity contribution in [3.63, 3.8) is 0 Å². The minimum absolute atomic E-state index is 0.441. The van der Waals surface area contributed by atoms with Gasteiger partial charge in [-0.2, -0.15) is 0 Å². The number of fused-ring (bicyclic) bond motifs is 1. The number of rotatable bonds is 3. The van der Waals surface area contributed by atoms with Gasteiger partial charge in [0, 0.05) is 12.2 Å². The first kappa shape index (κ1) is 18.0. The molecule has 1 nitrogen and oxygen atoms in total. The molecule has 0 spiro atoms. The number of anilines is 1. The Morgan fingerprint density at radius 2 is 1.68 bits per heavy atom. The summed E-state index contributed by atoms with van der Waals surface area (Å²) >= 11 is 0. The van der Waals surface area contributed by atoms with Crippen LogP contribution in [0.3, 0.4) is 0 Å². The summed E-state index contributed by atoms with van der Waals surface area (Å²) in [6, 6.07) is 8.82. The third-order valence-corrected chi connectivity index (χ3v) is 3.82. The molecular formula is C18H33N. The molecule has 0 saturated carbocycles. The van der Waals surface area contributed by atoms with Crippen LogP contribution in [0.15, 0.2) is 24.3 Å². The van der Waals surface area contributed by atoms with Crippen molar-refractivity contribution in [2.24, 2.45) is 0 Å². The van der Waals surface area contributed by atoms with Crippen LogP contribution < -0.4 is 5.32 Å².